The van der Waals surface area contributed by atoms with Crippen LogP contribution in [0.2, 0.25) is 5.02 Å². The number of benzene rings is 1. The van der Waals surface area contributed by atoms with E-state index in [2.05, 4.69) is 29.3 Å². The summed E-state index contributed by atoms with van der Waals surface area (Å²) < 4.78 is 0. The van der Waals surface area contributed by atoms with Crippen molar-refractivity contribution in [2.24, 2.45) is 5.92 Å². The largest absolute Gasteiger partial charge is 0.356 e. The van der Waals surface area contributed by atoms with E-state index in [9.17, 15) is 4.79 Å². The maximum Gasteiger partial charge on any atom is 0.220 e. The number of nitrogens with one attached hydrogen (secondary N) is 1. The van der Waals surface area contributed by atoms with Gasteiger partial charge in [0.25, 0.3) is 0 Å². The van der Waals surface area contributed by atoms with Crippen LogP contribution in [0.4, 0.5) is 0 Å². The van der Waals surface area contributed by atoms with Crippen LogP contribution in [0.3, 0.4) is 0 Å². The molecule has 1 amide bonds. The van der Waals surface area contributed by atoms with Crippen LogP contribution in [-0.4, -0.2) is 36.5 Å². The van der Waals surface area contributed by atoms with Crippen molar-refractivity contribution in [1.82, 2.24) is 10.2 Å². The van der Waals surface area contributed by atoms with Crippen molar-refractivity contribution < 1.29 is 4.79 Å². The monoisotopic (exact) mass is 320 g/mol. The lowest BCUT2D eigenvalue weighted by Crippen LogP contribution is -2.46. The molecule has 4 heteroatoms. The van der Waals surface area contributed by atoms with Crippen molar-refractivity contribution >= 4 is 17.5 Å². The average molecular weight is 321 g/mol. The third-order valence-corrected chi connectivity index (χ3v) is 5.38. The number of rotatable bonds is 4. The number of carbonyl (C=O) groups is 1. The number of nitrogens with zero attached hydrogens (tertiary/aromatic N) is 1. The Balaban J connectivity index is 1.67. The maximum atomic E-state index is 11.5. The molecule has 0 aromatic heterocycles. The minimum Gasteiger partial charge on any atom is -0.356 e. The van der Waals surface area contributed by atoms with Crippen LogP contribution in [-0.2, 0) is 4.79 Å². The van der Waals surface area contributed by atoms with E-state index in [1.165, 1.54) is 24.8 Å². The molecule has 2 aliphatic heterocycles. The quantitative estimate of drug-likeness (QED) is 0.921. The molecule has 0 radical (unpaired) electrons. The van der Waals surface area contributed by atoms with Crippen molar-refractivity contribution in [3.63, 3.8) is 0 Å². The lowest BCUT2D eigenvalue weighted by Gasteiger charge is -2.40. The van der Waals surface area contributed by atoms with Gasteiger partial charge in [0.15, 0.2) is 0 Å². The zero-order valence-corrected chi connectivity index (χ0v) is 14.0. The van der Waals surface area contributed by atoms with Crippen LogP contribution in [0.1, 0.15) is 44.1 Å². The summed E-state index contributed by atoms with van der Waals surface area (Å²) in [5.41, 5.74) is 1.30. The van der Waals surface area contributed by atoms with E-state index in [-0.39, 0.29) is 5.91 Å². The van der Waals surface area contributed by atoms with E-state index in [4.69, 9.17) is 11.6 Å². The summed E-state index contributed by atoms with van der Waals surface area (Å²) in [5, 5.41) is 3.81. The van der Waals surface area contributed by atoms with Crippen LogP contribution >= 0.6 is 11.6 Å². The number of carbonyl (C=O) groups excluding carboxylic acids is 1. The predicted molar refractivity (Wildman–Crippen MR) is 90.2 cm³/mol. The highest BCUT2D eigenvalue weighted by Crippen LogP contribution is 2.30. The van der Waals surface area contributed by atoms with Gasteiger partial charge >= 0.3 is 0 Å². The van der Waals surface area contributed by atoms with E-state index in [0.29, 0.717) is 24.3 Å². The Bertz CT molecular complexity index is 534. The molecule has 3 atom stereocenters. The Morgan fingerprint density at radius 1 is 1.41 bits per heavy atom. The van der Waals surface area contributed by atoms with Gasteiger partial charge in [-0.25, -0.2) is 0 Å². The van der Waals surface area contributed by atoms with E-state index in [0.717, 1.165) is 24.7 Å². The molecule has 0 aliphatic carbocycles. The summed E-state index contributed by atoms with van der Waals surface area (Å²) in [7, 11) is 0. The molecule has 3 rings (SSSR count). The smallest absolute Gasteiger partial charge is 0.220 e. The van der Waals surface area contributed by atoms with E-state index in [1.54, 1.807) is 0 Å². The van der Waals surface area contributed by atoms with Crippen molar-refractivity contribution in [3.05, 3.63) is 34.9 Å². The summed E-state index contributed by atoms with van der Waals surface area (Å²) >= 11 is 6.12. The second-order valence-corrected chi connectivity index (χ2v) is 7.22. The molecule has 3 nitrogen and oxygen atoms in total. The fourth-order valence-electron chi connectivity index (χ4n) is 3.95. The van der Waals surface area contributed by atoms with Crippen LogP contribution < -0.4 is 5.32 Å². The molecule has 1 aromatic carbocycles. The zero-order chi connectivity index (χ0) is 15.5. The lowest BCUT2D eigenvalue weighted by atomic mass is 9.88. The fourth-order valence-corrected chi connectivity index (χ4v) is 4.15. The van der Waals surface area contributed by atoms with Gasteiger partial charge in [0.2, 0.25) is 5.91 Å². The molecular formula is C18H25ClN2O. The van der Waals surface area contributed by atoms with Crippen LogP contribution in [0, 0.1) is 5.92 Å². The Hall–Kier alpha value is -1.06. The highest BCUT2D eigenvalue weighted by molar-refractivity contribution is 6.30. The van der Waals surface area contributed by atoms with E-state index >= 15 is 0 Å². The van der Waals surface area contributed by atoms with Crippen molar-refractivity contribution in [1.29, 1.82) is 0 Å². The number of hydrogen-bond acceptors (Lipinski definition) is 2. The molecule has 1 N–H and O–H groups in total. The number of piperidine rings is 1. The third kappa shape index (κ3) is 3.64. The fraction of sp³-hybridized carbons (Fsp3) is 0.611. The van der Waals surface area contributed by atoms with Crippen LogP contribution in [0.25, 0.3) is 0 Å². The first-order valence-corrected chi connectivity index (χ1v) is 8.77. The SMILES string of the molecule is C[C@H](CN1CCCC[C@H]1[C@H]1CNC(=O)C1)c1cccc(Cl)c1. The molecule has 2 saturated heterocycles. The molecule has 2 heterocycles. The molecule has 1 aromatic rings. The Morgan fingerprint density at radius 3 is 3.00 bits per heavy atom. The van der Waals surface area contributed by atoms with Gasteiger partial charge in [-0.2, -0.15) is 0 Å². The molecule has 0 spiro atoms. The Labute approximate surface area is 138 Å². The van der Waals surface area contributed by atoms with Gasteiger partial charge in [-0.3, -0.25) is 9.69 Å². The first-order chi connectivity index (χ1) is 10.6. The van der Waals surface area contributed by atoms with Gasteiger partial charge in [-0.15, -0.1) is 0 Å². The van der Waals surface area contributed by atoms with Crippen molar-refractivity contribution in [2.75, 3.05) is 19.6 Å². The van der Waals surface area contributed by atoms with Crippen LogP contribution in [0.15, 0.2) is 24.3 Å². The highest BCUT2D eigenvalue weighted by atomic mass is 35.5. The highest BCUT2D eigenvalue weighted by Gasteiger charge is 2.34. The molecular weight excluding hydrogens is 296 g/mol. The average Bonchev–Trinajstić information content (AvgIpc) is 2.94. The van der Waals surface area contributed by atoms with Gasteiger partial charge in [0, 0.05) is 36.5 Å². The first kappa shape index (κ1) is 15.8. The molecule has 0 unspecified atom stereocenters. The van der Waals surface area contributed by atoms with Crippen molar-refractivity contribution in [3.8, 4) is 0 Å². The molecule has 0 bridgehead atoms. The number of halogens is 1. The summed E-state index contributed by atoms with van der Waals surface area (Å²) in [6.07, 6.45) is 4.48. The van der Waals surface area contributed by atoms with Gasteiger partial charge < -0.3 is 5.32 Å². The topological polar surface area (TPSA) is 32.3 Å². The zero-order valence-electron chi connectivity index (χ0n) is 13.2. The molecule has 2 fully saturated rings. The number of likely N-dealkylation sites (tertiary alicyclic amines) is 1. The van der Waals surface area contributed by atoms with Crippen LogP contribution in [0.5, 0.6) is 0 Å². The number of amides is 1. The third-order valence-electron chi connectivity index (χ3n) is 5.14. The molecule has 0 saturated carbocycles. The standard InChI is InChI=1S/C18H25ClN2O/c1-13(14-5-4-6-16(19)9-14)12-21-8-3-2-7-17(21)15-10-18(22)20-11-15/h4-6,9,13,15,17H,2-3,7-8,10-12H2,1H3,(H,20,22)/t13-,15-,17+/m1/s1. The first-order valence-electron chi connectivity index (χ1n) is 8.39. The summed E-state index contributed by atoms with van der Waals surface area (Å²) in [6.45, 7) is 5.33. The summed E-state index contributed by atoms with van der Waals surface area (Å²) in [6, 6.07) is 8.75. The minimum atomic E-state index is 0.221. The van der Waals surface area contributed by atoms with Crippen molar-refractivity contribution in [2.45, 2.75) is 44.6 Å². The normalized spacial score (nSPS) is 27.6. The summed E-state index contributed by atoms with van der Waals surface area (Å²) in [4.78, 5) is 14.2. The second kappa shape index (κ2) is 7.01. The Morgan fingerprint density at radius 2 is 2.27 bits per heavy atom. The van der Waals surface area contributed by atoms with Gasteiger partial charge in [0.05, 0.1) is 0 Å². The Kier molecular flexibility index (Phi) is 5.04. The maximum absolute atomic E-state index is 11.5. The number of hydrogen-bond donors (Lipinski definition) is 1. The minimum absolute atomic E-state index is 0.221. The molecule has 2 aliphatic rings. The molecule has 120 valence electrons. The van der Waals surface area contributed by atoms with Gasteiger partial charge in [-0.1, -0.05) is 37.1 Å². The van der Waals surface area contributed by atoms with Gasteiger partial charge in [-0.05, 0) is 43.0 Å². The van der Waals surface area contributed by atoms with E-state index < -0.39 is 0 Å². The van der Waals surface area contributed by atoms with E-state index in [1.807, 2.05) is 12.1 Å². The summed E-state index contributed by atoms with van der Waals surface area (Å²) in [5.74, 6) is 1.17. The van der Waals surface area contributed by atoms with Gasteiger partial charge in [0.1, 0.15) is 0 Å². The lowest BCUT2D eigenvalue weighted by molar-refractivity contribution is -0.119. The molecule has 22 heavy (non-hydrogen) atoms. The second-order valence-electron chi connectivity index (χ2n) is 6.78. The predicted octanol–water partition coefficient (Wildman–Crippen LogP) is 3.43.